The summed E-state index contributed by atoms with van der Waals surface area (Å²) < 4.78 is 10.6. The summed E-state index contributed by atoms with van der Waals surface area (Å²) in [7, 11) is 0. The van der Waals surface area contributed by atoms with E-state index in [1.807, 2.05) is 13.8 Å². The Labute approximate surface area is 224 Å². The lowest BCUT2D eigenvalue weighted by atomic mass is 9.60. The summed E-state index contributed by atoms with van der Waals surface area (Å²) >= 11 is 0. The molecule has 1 atom stereocenters. The van der Waals surface area contributed by atoms with Crippen LogP contribution in [0.15, 0.2) is 53.1 Å². The van der Waals surface area contributed by atoms with Gasteiger partial charge in [-0.1, -0.05) is 38.3 Å². The molecule has 0 saturated carbocycles. The number of benzene rings is 1. The van der Waals surface area contributed by atoms with Crippen LogP contribution in [0.3, 0.4) is 0 Å². The van der Waals surface area contributed by atoms with E-state index < -0.39 is 17.1 Å². The Morgan fingerprint density at radius 1 is 1.34 bits per heavy atom. The standard InChI is InChI=1S/C29H37N5O4/c1-17(2)29(23(15-30)25(32)37-26(33)24(29)19(4)31)22-13-20(12-21(14-22)16-35)9-8-18(3)10-11-34-27(36)38-28(5,6)7/h12-14,17,33,35H,3,10-11,16,31-32H2,1-2,4-7H3,(H,34,36). The Hall–Kier alpha value is -4.21. The molecule has 1 aliphatic heterocycles. The van der Waals surface area contributed by atoms with Crippen molar-refractivity contribution in [3.05, 3.63) is 69.8 Å². The molecule has 7 N–H and O–H groups in total. The van der Waals surface area contributed by atoms with E-state index in [0.717, 1.165) is 0 Å². The van der Waals surface area contributed by atoms with E-state index in [-0.39, 0.29) is 29.9 Å². The molecule has 1 amide bonds. The summed E-state index contributed by atoms with van der Waals surface area (Å²) in [6.45, 7) is 14.8. The zero-order valence-electron chi connectivity index (χ0n) is 22.9. The van der Waals surface area contributed by atoms with E-state index in [1.165, 1.54) is 0 Å². The normalized spacial score (nSPS) is 18.7. The molecule has 1 aromatic carbocycles. The van der Waals surface area contributed by atoms with Gasteiger partial charge in [0.05, 0.1) is 12.0 Å². The molecule has 0 bridgehead atoms. The first-order valence-electron chi connectivity index (χ1n) is 12.2. The van der Waals surface area contributed by atoms with Gasteiger partial charge in [-0.15, -0.1) is 0 Å². The Kier molecular flexibility index (Phi) is 9.39. The summed E-state index contributed by atoms with van der Waals surface area (Å²) in [4.78, 5) is 11.8. The van der Waals surface area contributed by atoms with E-state index in [2.05, 4.69) is 29.8 Å². The van der Waals surface area contributed by atoms with E-state index in [4.69, 9.17) is 26.4 Å². The average Bonchev–Trinajstić information content (AvgIpc) is 2.80. The Bertz CT molecular complexity index is 1290. The zero-order chi connectivity index (χ0) is 28.8. The smallest absolute Gasteiger partial charge is 0.407 e. The number of rotatable bonds is 6. The van der Waals surface area contributed by atoms with Crippen molar-refractivity contribution in [3.8, 4) is 17.9 Å². The fourth-order valence-corrected chi connectivity index (χ4v) is 4.48. The molecule has 0 spiro atoms. The third-order valence-electron chi connectivity index (χ3n) is 5.96. The SMILES string of the molecule is C=C(C#Cc1cc(CO)cc(C2(C(C)C)C(C#N)=C(N)OC(=N)C2=C(C)N)c1)CCNC(=O)OC(C)(C)C. The molecule has 0 radical (unpaired) electrons. The lowest BCUT2D eigenvalue weighted by Crippen LogP contribution is -2.46. The molecule has 202 valence electrons. The fourth-order valence-electron chi connectivity index (χ4n) is 4.48. The van der Waals surface area contributed by atoms with Gasteiger partial charge in [0.25, 0.3) is 0 Å². The van der Waals surface area contributed by atoms with Gasteiger partial charge in [-0.25, -0.2) is 4.79 Å². The topological polar surface area (TPSA) is 167 Å². The second kappa shape index (κ2) is 11.9. The Morgan fingerprint density at radius 3 is 2.53 bits per heavy atom. The monoisotopic (exact) mass is 519 g/mol. The molecule has 0 aliphatic carbocycles. The van der Waals surface area contributed by atoms with Crippen molar-refractivity contribution in [1.82, 2.24) is 5.32 Å². The molecule has 1 heterocycles. The largest absolute Gasteiger partial charge is 0.444 e. The summed E-state index contributed by atoms with van der Waals surface area (Å²) in [5.74, 6) is 5.40. The molecule has 38 heavy (non-hydrogen) atoms. The Balaban J connectivity index is 2.52. The van der Waals surface area contributed by atoms with Crippen molar-refractivity contribution in [2.24, 2.45) is 17.4 Å². The van der Waals surface area contributed by atoms with Crippen molar-refractivity contribution in [1.29, 1.82) is 10.7 Å². The number of alkyl carbamates (subject to hydrolysis) is 1. The first-order chi connectivity index (χ1) is 17.7. The van der Waals surface area contributed by atoms with Gasteiger partial charge in [-0.2, -0.15) is 5.26 Å². The molecule has 0 saturated heterocycles. The number of nitrogens with one attached hydrogen (secondary N) is 2. The first-order valence-corrected chi connectivity index (χ1v) is 12.2. The van der Waals surface area contributed by atoms with E-state index >= 15 is 0 Å². The van der Waals surface area contributed by atoms with Crippen molar-refractivity contribution in [3.63, 3.8) is 0 Å². The van der Waals surface area contributed by atoms with Gasteiger partial charge in [0.15, 0.2) is 0 Å². The van der Waals surface area contributed by atoms with Crippen LogP contribution in [0.2, 0.25) is 0 Å². The average molecular weight is 520 g/mol. The quantitative estimate of drug-likeness (QED) is 0.356. The van der Waals surface area contributed by atoms with Gasteiger partial charge >= 0.3 is 6.09 Å². The summed E-state index contributed by atoms with van der Waals surface area (Å²) in [5.41, 5.74) is 13.7. The third-order valence-corrected chi connectivity index (χ3v) is 5.96. The molecule has 0 aromatic heterocycles. The fraction of sp³-hybridized carbons (Fsp3) is 0.414. The van der Waals surface area contributed by atoms with Gasteiger partial charge in [-0.05, 0) is 68.9 Å². The highest BCUT2D eigenvalue weighted by atomic mass is 16.6. The first kappa shape index (κ1) is 30.0. The molecule has 9 nitrogen and oxygen atoms in total. The highest BCUT2D eigenvalue weighted by Gasteiger charge is 2.51. The van der Waals surface area contributed by atoms with E-state index in [0.29, 0.717) is 46.5 Å². The van der Waals surface area contributed by atoms with Gasteiger partial charge in [-0.3, -0.25) is 5.41 Å². The number of ether oxygens (including phenoxy) is 2. The van der Waals surface area contributed by atoms with Crippen molar-refractivity contribution in [2.45, 2.75) is 65.6 Å². The van der Waals surface area contributed by atoms with Gasteiger partial charge in [0.1, 0.15) is 17.2 Å². The van der Waals surface area contributed by atoms with Gasteiger partial charge in [0, 0.05) is 23.4 Å². The molecule has 2 rings (SSSR count). The lowest BCUT2D eigenvalue weighted by molar-refractivity contribution is 0.0528. The minimum absolute atomic E-state index is 0.134. The number of carbonyl (C=O) groups excluding carboxylic acids is 1. The van der Waals surface area contributed by atoms with E-state index in [1.54, 1.807) is 45.9 Å². The van der Waals surface area contributed by atoms with Gasteiger partial charge < -0.3 is 31.4 Å². The number of hydrogen-bond acceptors (Lipinski definition) is 8. The Morgan fingerprint density at radius 2 is 2.00 bits per heavy atom. The molecular weight excluding hydrogens is 482 g/mol. The number of nitrogens with two attached hydrogens (primary N) is 2. The van der Waals surface area contributed by atoms with Crippen LogP contribution in [-0.4, -0.2) is 29.2 Å². The number of amides is 1. The third kappa shape index (κ3) is 6.56. The minimum Gasteiger partial charge on any atom is -0.444 e. The molecular formula is C29H37N5O4. The zero-order valence-corrected chi connectivity index (χ0v) is 22.9. The van der Waals surface area contributed by atoms with Crippen LogP contribution in [0.1, 0.15) is 64.7 Å². The van der Waals surface area contributed by atoms with Gasteiger partial charge in [0.2, 0.25) is 11.8 Å². The van der Waals surface area contributed by atoms with Crippen LogP contribution in [-0.2, 0) is 21.5 Å². The van der Waals surface area contributed by atoms with E-state index in [9.17, 15) is 15.2 Å². The molecule has 1 aromatic rings. The van der Waals surface area contributed by atoms with Crippen LogP contribution in [0.25, 0.3) is 0 Å². The van der Waals surface area contributed by atoms with Crippen molar-refractivity contribution < 1.29 is 19.4 Å². The highest BCUT2D eigenvalue weighted by molar-refractivity contribution is 5.98. The summed E-state index contributed by atoms with van der Waals surface area (Å²) in [6, 6.07) is 7.46. The second-order valence-electron chi connectivity index (χ2n) is 10.4. The predicted molar refractivity (Wildman–Crippen MR) is 146 cm³/mol. The van der Waals surface area contributed by atoms with Crippen LogP contribution in [0.5, 0.6) is 0 Å². The molecule has 1 aliphatic rings. The lowest BCUT2D eigenvalue weighted by Gasteiger charge is -2.43. The number of nitriles is 1. The number of hydrogen-bond donors (Lipinski definition) is 5. The highest BCUT2D eigenvalue weighted by Crippen LogP contribution is 2.50. The number of nitrogens with zero attached hydrogens (tertiary/aromatic N) is 1. The summed E-state index contributed by atoms with van der Waals surface area (Å²) in [5, 5.41) is 31.3. The van der Waals surface area contributed by atoms with Crippen LogP contribution >= 0.6 is 0 Å². The number of allylic oxidation sites excluding steroid dienone is 2. The van der Waals surface area contributed by atoms with Crippen LogP contribution < -0.4 is 16.8 Å². The number of aliphatic hydroxyl groups is 1. The number of aliphatic hydroxyl groups excluding tert-OH is 1. The molecule has 0 fully saturated rings. The number of carbonyl (C=O) groups is 1. The van der Waals surface area contributed by atoms with Crippen molar-refractivity contribution >= 4 is 12.0 Å². The predicted octanol–water partition coefficient (Wildman–Crippen LogP) is 3.83. The summed E-state index contributed by atoms with van der Waals surface area (Å²) in [6.07, 6.45) is -0.0976. The van der Waals surface area contributed by atoms with Crippen LogP contribution in [0, 0.1) is 34.5 Å². The molecule has 9 heteroatoms. The minimum atomic E-state index is -1.19. The van der Waals surface area contributed by atoms with Crippen LogP contribution in [0.4, 0.5) is 4.79 Å². The van der Waals surface area contributed by atoms with Crippen molar-refractivity contribution in [2.75, 3.05) is 6.54 Å². The maximum Gasteiger partial charge on any atom is 0.407 e. The maximum absolute atomic E-state index is 11.8. The second-order valence-corrected chi connectivity index (χ2v) is 10.4. The molecule has 1 unspecified atom stereocenters. The maximum atomic E-state index is 11.8.